The second-order valence-corrected chi connectivity index (χ2v) is 5.43. The minimum atomic E-state index is -0.249. The fourth-order valence-corrected chi connectivity index (χ4v) is 2.77. The molecule has 0 spiro atoms. The Morgan fingerprint density at radius 1 is 1.50 bits per heavy atom. The molecule has 20 heavy (non-hydrogen) atoms. The summed E-state index contributed by atoms with van der Waals surface area (Å²) in [6, 6.07) is 2.19. The van der Waals surface area contributed by atoms with Gasteiger partial charge in [0.15, 0.2) is 0 Å². The van der Waals surface area contributed by atoms with Crippen molar-refractivity contribution in [3.05, 3.63) is 21.9 Å². The summed E-state index contributed by atoms with van der Waals surface area (Å²) in [7, 11) is 3.36. The zero-order valence-electron chi connectivity index (χ0n) is 12.2. The van der Waals surface area contributed by atoms with Crippen molar-refractivity contribution in [2.24, 2.45) is 5.84 Å². The van der Waals surface area contributed by atoms with Gasteiger partial charge in [0.25, 0.3) is 5.91 Å². The minimum Gasteiger partial charge on any atom is -0.383 e. The first-order valence-electron chi connectivity index (χ1n) is 6.43. The predicted octanol–water partition coefficient (Wildman–Crippen LogP) is 0.835. The molecule has 0 aliphatic rings. The summed E-state index contributed by atoms with van der Waals surface area (Å²) >= 11 is 1.39. The van der Waals surface area contributed by atoms with E-state index in [1.54, 1.807) is 14.2 Å². The lowest BCUT2D eigenvalue weighted by atomic mass is 10.2. The molecule has 0 aromatic carbocycles. The van der Waals surface area contributed by atoms with Crippen LogP contribution in [0.25, 0.3) is 0 Å². The smallest absolute Gasteiger partial charge is 0.275 e. The average Bonchev–Trinajstić information content (AvgIpc) is 2.90. The number of rotatable bonds is 9. The van der Waals surface area contributed by atoms with E-state index in [4.69, 9.17) is 15.3 Å². The van der Waals surface area contributed by atoms with Gasteiger partial charge in [-0.2, -0.15) is 0 Å². The maximum atomic E-state index is 11.7. The number of carbonyl (C=O) groups is 1. The van der Waals surface area contributed by atoms with Crippen LogP contribution in [0.4, 0.5) is 0 Å². The third-order valence-electron chi connectivity index (χ3n) is 3.07. The zero-order valence-corrected chi connectivity index (χ0v) is 13.0. The van der Waals surface area contributed by atoms with Gasteiger partial charge in [-0.05, 0) is 23.9 Å². The molecule has 114 valence electrons. The van der Waals surface area contributed by atoms with E-state index in [-0.39, 0.29) is 11.9 Å². The van der Waals surface area contributed by atoms with Gasteiger partial charge in [0, 0.05) is 33.4 Å². The lowest BCUT2D eigenvalue weighted by molar-refractivity contribution is 0.0702. The van der Waals surface area contributed by atoms with Crippen molar-refractivity contribution in [1.29, 1.82) is 0 Å². The van der Waals surface area contributed by atoms with E-state index in [1.165, 1.54) is 11.3 Å². The lowest BCUT2D eigenvalue weighted by Gasteiger charge is -2.28. The summed E-state index contributed by atoms with van der Waals surface area (Å²) < 4.78 is 10.3. The van der Waals surface area contributed by atoms with Crippen LogP contribution in [0.2, 0.25) is 0 Å². The standard InChI is InChI=1S/C13H23N3O3S/c1-10(9-19-3)16(5-6-18-2)8-11-4-7-20-12(11)13(17)15-14/h4,7,10H,5-6,8-9,14H2,1-3H3,(H,15,17). The fourth-order valence-electron chi connectivity index (χ4n) is 1.95. The molecule has 1 aromatic heterocycles. The van der Waals surface area contributed by atoms with Gasteiger partial charge >= 0.3 is 0 Å². The topological polar surface area (TPSA) is 76.8 Å². The molecule has 1 amide bonds. The summed E-state index contributed by atoms with van der Waals surface area (Å²) in [6.07, 6.45) is 0. The van der Waals surface area contributed by atoms with Crippen molar-refractivity contribution < 1.29 is 14.3 Å². The van der Waals surface area contributed by atoms with Crippen LogP contribution >= 0.6 is 11.3 Å². The molecule has 1 aromatic rings. The number of ether oxygens (including phenoxy) is 2. The Bertz CT molecular complexity index is 411. The fraction of sp³-hybridized carbons (Fsp3) is 0.615. The summed E-state index contributed by atoms with van der Waals surface area (Å²) in [5.41, 5.74) is 3.15. The summed E-state index contributed by atoms with van der Waals surface area (Å²) in [5.74, 6) is 4.96. The van der Waals surface area contributed by atoms with Gasteiger partial charge in [-0.3, -0.25) is 15.1 Å². The molecule has 0 fully saturated rings. The van der Waals surface area contributed by atoms with Crippen molar-refractivity contribution in [3.8, 4) is 0 Å². The molecular formula is C13H23N3O3S. The molecule has 3 N–H and O–H groups in total. The van der Waals surface area contributed by atoms with E-state index < -0.39 is 0 Å². The van der Waals surface area contributed by atoms with Gasteiger partial charge in [0.2, 0.25) is 0 Å². The maximum Gasteiger partial charge on any atom is 0.275 e. The second-order valence-electron chi connectivity index (χ2n) is 4.52. The number of nitrogens with two attached hydrogens (primary N) is 1. The molecule has 0 saturated carbocycles. The van der Waals surface area contributed by atoms with Gasteiger partial charge in [0.1, 0.15) is 0 Å². The van der Waals surface area contributed by atoms with Crippen LogP contribution in [0.3, 0.4) is 0 Å². The molecule has 6 nitrogen and oxygen atoms in total. The van der Waals surface area contributed by atoms with E-state index in [9.17, 15) is 4.79 Å². The lowest BCUT2D eigenvalue weighted by Crippen LogP contribution is -2.38. The number of methoxy groups -OCH3 is 2. The molecule has 1 heterocycles. The minimum absolute atomic E-state index is 0.240. The number of amides is 1. The predicted molar refractivity (Wildman–Crippen MR) is 79.6 cm³/mol. The first-order chi connectivity index (χ1) is 9.63. The van der Waals surface area contributed by atoms with Crippen LogP contribution < -0.4 is 11.3 Å². The molecule has 0 bridgehead atoms. The normalized spacial score (nSPS) is 12.7. The Morgan fingerprint density at radius 2 is 2.25 bits per heavy atom. The van der Waals surface area contributed by atoms with Crippen molar-refractivity contribution in [3.63, 3.8) is 0 Å². The number of nitrogen functional groups attached to an aromatic ring is 1. The number of hydrazine groups is 1. The van der Waals surface area contributed by atoms with E-state index >= 15 is 0 Å². The van der Waals surface area contributed by atoms with Gasteiger partial charge in [-0.15, -0.1) is 11.3 Å². The summed E-state index contributed by atoms with van der Waals surface area (Å²) in [5, 5.41) is 1.90. The number of hydrogen-bond donors (Lipinski definition) is 2. The van der Waals surface area contributed by atoms with Crippen LogP contribution in [-0.2, 0) is 16.0 Å². The SMILES string of the molecule is COCCN(Cc1ccsc1C(=O)NN)C(C)COC. The van der Waals surface area contributed by atoms with Gasteiger partial charge in [-0.25, -0.2) is 5.84 Å². The summed E-state index contributed by atoms with van der Waals surface area (Å²) in [4.78, 5) is 14.6. The highest BCUT2D eigenvalue weighted by atomic mass is 32.1. The highest BCUT2D eigenvalue weighted by molar-refractivity contribution is 7.12. The van der Waals surface area contributed by atoms with Gasteiger partial charge in [-0.1, -0.05) is 0 Å². The largest absolute Gasteiger partial charge is 0.383 e. The molecule has 0 aliphatic carbocycles. The Morgan fingerprint density at radius 3 is 2.85 bits per heavy atom. The Balaban J connectivity index is 2.78. The molecule has 1 unspecified atom stereocenters. The van der Waals surface area contributed by atoms with Crippen LogP contribution in [0, 0.1) is 0 Å². The van der Waals surface area contributed by atoms with Crippen molar-refractivity contribution in [2.75, 3.05) is 34.0 Å². The average molecular weight is 301 g/mol. The Kier molecular flexibility index (Phi) is 7.71. The first kappa shape index (κ1) is 17.1. The van der Waals surface area contributed by atoms with Crippen molar-refractivity contribution in [1.82, 2.24) is 10.3 Å². The maximum absolute atomic E-state index is 11.7. The third-order valence-corrected chi connectivity index (χ3v) is 4.03. The number of thiophene rings is 1. The highest BCUT2D eigenvalue weighted by Crippen LogP contribution is 2.19. The van der Waals surface area contributed by atoms with Crippen LogP contribution in [0.5, 0.6) is 0 Å². The number of nitrogens with zero attached hydrogens (tertiary/aromatic N) is 1. The van der Waals surface area contributed by atoms with Crippen molar-refractivity contribution in [2.45, 2.75) is 19.5 Å². The van der Waals surface area contributed by atoms with Gasteiger partial charge < -0.3 is 9.47 Å². The monoisotopic (exact) mass is 301 g/mol. The molecule has 1 atom stereocenters. The highest BCUT2D eigenvalue weighted by Gasteiger charge is 2.18. The molecule has 1 rings (SSSR count). The van der Waals surface area contributed by atoms with E-state index in [0.717, 1.165) is 12.1 Å². The van der Waals surface area contributed by atoms with Crippen LogP contribution in [0.1, 0.15) is 22.2 Å². The molecular weight excluding hydrogens is 278 g/mol. The quantitative estimate of drug-likeness (QED) is 0.401. The van der Waals surface area contributed by atoms with E-state index in [0.29, 0.717) is 24.6 Å². The number of hydrogen-bond acceptors (Lipinski definition) is 6. The first-order valence-corrected chi connectivity index (χ1v) is 7.31. The summed E-state index contributed by atoms with van der Waals surface area (Å²) in [6.45, 7) is 4.80. The second kappa shape index (κ2) is 9.04. The molecule has 0 radical (unpaired) electrons. The number of carbonyl (C=O) groups excluding carboxylic acids is 1. The van der Waals surface area contributed by atoms with Crippen LogP contribution in [-0.4, -0.2) is 50.8 Å². The van der Waals surface area contributed by atoms with E-state index in [2.05, 4.69) is 17.2 Å². The van der Waals surface area contributed by atoms with E-state index in [1.807, 2.05) is 11.4 Å². The zero-order chi connectivity index (χ0) is 15.0. The Labute approximate surface area is 123 Å². The third kappa shape index (κ3) is 4.84. The molecule has 0 aliphatic heterocycles. The molecule has 7 heteroatoms. The van der Waals surface area contributed by atoms with Crippen LogP contribution in [0.15, 0.2) is 11.4 Å². The van der Waals surface area contributed by atoms with Gasteiger partial charge in [0.05, 0.1) is 18.1 Å². The molecule has 0 saturated heterocycles. The van der Waals surface area contributed by atoms with Crippen molar-refractivity contribution >= 4 is 17.2 Å². The Hall–Kier alpha value is -0.990. The number of nitrogens with one attached hydrogen (secondary N) is 1.